The maximum atomic E-state index is 11.5. The normalized spacial score (nSPS) is 16.5. The topological polar surface area (TPSA) is 70.6 Å². The standard InChI is InChI=1S/C20H33N3O2S/c1-3-21-20(22-15-7-10-17-8-5-4-6-9-17)23-16-18-11-13-19(14-12-18)26(2,24)25/h11-14,17H,3-10,15-16H2,1-2H3,(H2,21,22,23). The molecule has 2 N–H and O–H groups in total. The van der Waals surface area contributed by atoms with Crippen LogP contribution in [0.15, 0.2) is 34.2 Å². The second-order valence-corrected chi connectivity index (χ2v) is 9.20. The molecule has 0 radical (unpaired) electrons. The highest BCUT2D eigenvalue weighted by Crippen LogP contribution is 2.26. The van der Waals surface area contributed by atoms with Crippen molar-refractivity contribution in [1.29, 1.82) is 0 Å². The van der Waals surface area contributed by atoms with Crippen LogP contribution >= 0.6 is 0 Å². The molecule has 2 rings (SSSR count). The lowest BCUT2D eigenvalue weighted by atomic mass is 9.86. The van der Waals surface area contributed by atoms with Crippen molar-refractivity contribution in [1.82, 2.24) is 10.6 Å². The SMILES string of the molecule is CCNC(=NCc1ccc(S(C)(=O)=O)cc1)NCCCC1CCCCC1. The predicted octanol–water partition coefficient (Wildman–Crippen LogP) is 3.51. The molecule has 1 aliphatic rings. The number of hydrogen-bond acceptors (Lipinski definition) is 3. The van der Waals surface area contributed by atoms with Crippen LogP contribution < -0.4 is 10.6 Å². The van der Waals surface area contributed by atoms with Gasteiger partial charge in [-0.2, -0.15) is 0 Å². The highest BCUT2D eigenvalue weighted by Gasteiger charge is 2.12. The van der Waals surface area contributed by atoms with Crippen LogP contribution in [-0.4, -0.2) is 33.7 Å². The number of guanidine groups is 1. The van der Waals surface area contributed by atoms with E-state index in [9.17, 15) is 8.42 Å². The average Bonchev–Trinajstić information content (AvgIpc) is 2.63. The van der Waals surface area contributed by atoms with Gasteiger partial charge >= 0.3 is 0 Å². The minimum atomic E-state index is -3.14. The van der Waals surface area contributed by atoms with Gasteiger partial charge in [-0.05, 0) is 43.4 Å². The van der Waals surface area contributed by atoms with Gasteiger partial charge in [-0.3, -0.25) is 0 Å². The van der Waals surface area contributed by atoms with Crippen molar-refractivity contribution in [3.63, 3.8) is 0 Å². The summed E-state index contributed by atoms with van der Waals surface area (Å²) in [6.45, 7) is 4.35. The smallest absolute Gasteiger partial charge is 0.191 e. The van der Waals surface area contributed by atoms with Gasteiger partial charge in [-0.25, -0.2) is 13.4 Å². The zero-order chi connectivity index (χ0) is 18.8. The quantitative estimate of drug-likeness (QED) is 0.412. The monoisotopic (exact) mass is 379 g/mol. The molecule has 0 spiro atoms. The Balaban J connectivity index is 1.79. The molecule has 1 aromatic rings. The first-order valence-corrected chi connectivity index (χ1v) is 11.7. The second-order valence-electron chi connectivity index (χ2n) is 7.18. The van der Waals surface area contributed by atoms with E-state index in [-0.39, 0.29) is 0 Å². The molecule has 6 heteroatoms. The van der Waals surface area contributed by atoms with Crippen LogP contribution in [0.25, 0.3) is 0 Å². The summed E-state index contributed by atoms with van der Waals surface area (Å²) < 4.78 is 23.0. The number of hydrogen-bond donors (Lipinski definition) is 2. The van der Waals surface area contributed by atoms with E-state index in [1.54, 1.807) is 12.1 Å². The molecule has 1 fully saturated rings. The van der Waals surface area contributed by atoms with Crippen LogP contribution in [0.4, 0.5) is 0 Å². The molecule has 5 nitrogen and oxygen atoms in total. The van der Waals surface area contributed by atoms with Gasteiger partial charge in [0, 0.05) is 19.3 Å². The molecule has 0 aromatic heterocycles. The molecule has 0 saturated heterocycles. The summed E-state index contributed by atoms with van der Waals surface area (Å²) in [6, 6.07) is 6.94. The van der Waals surface area contributed by atoms with Crippen molar-refractivity contribution in [3.8, 4) is 0 Å². The first-order valence-electron chi connectivity index (χ1n) is 9.80. The molecule has 1 aromatic carbocycles. The fourth-order valence-electron chi connectivity index (χ4n) is 3.43. The van der Waals surface area contributed by atoms with E-state index in [1.807, 2.05) is 12.1 Å². The van der Waals surface area contributed by atoms with Crippen LogP contribution in [0.2, 0.25) is 0 Å². The van der Waals surface area contributed by atoms with E-state index < -0.39 is 9.84 Å². The summed E-state index contributed by atoms with van der Waals surface area (Å²) in [6.07, 6.45) is 10.7. The zero-order valence-corrected chi connectivity index (χ0v) is 16.9. The van der Waals surface area contributed by atoms with Gasteiger partial charge in [0.25, 0.3) is 0 Å². The molecule has 0 bridgehead atoms. The highest BCUT2D eigenvalue weighted by molar-refractivity contribution is 7.90. The number of aliphatic imine (C=N–C) groups is 1. The number of nitrogens with zero attached hydrogens (tertiary/aromatic N) is 1. The summed E-state index contributed by atoms with van der Waals surface area (Å²) in [4.78, 5) is 4.95. The van der Waals surface area contributed by atoms with Crippen molar-refractivity contribution in [2.75, 3.05) is 19.3 Å². The van der Waals surface area contributed by atoms with E-state index in [1.165, 1.54) is 51.2 Å². The molecule has 1 saturated carbocycles. The van der Waals surface area contributed by atoms with Crippen molar-refractivity contribution in [3.05, 3.63) is 29.8 Å². The molecule has 146 valence electrons. The predicted molar refractivity (Wildman–Crippen MR) is 108 cm³/mol. The fraction of sp³-hybridized carbons (Fsp3) is 0.650. The lowest BCUT2D eigenvalue weighted by Crippen LogP contribution is -2.37. The van der Waals surface area contributed by atoms with Gasteiger partial charge in [0.1, 0.15) is 0 Å². The van der Waals surface area contributed by atoms with Gasteiger partial charge in [-0.15, -0.1) is 0 Å². The number of sulfone groups is 1. The molecule has 0 amide bonds. The second kappa shape index (κ2) is 10.6. The Morgan fingerprint density at radius 1 is 1.12 bits per heavy atom. The molecule has 26 heavy (non-hydrogen) atoms. The van der Waals surface area contributed by atoms with Crippen molar-refractivity contribution in [2.45, 2.75) is 63.3 Å². The highest BCUT2D eigenvalue weighted by atomic mass is 32.2. The Hall–Kier alpha value is -1.56. The molecule has 0 aliphatic heterocycles. The van der Waals surface area contributed by atoms with E-state index in [0.29, 0.717) is 11.4 Å². The van der Waals surface area contributed by atoms with Gasteiger partial charge < -0.3 is 10.6 Å². The van der Waals surface area contributed by atoms with Gasteiger partial charge in [0.15, 0.2) is 15.8 Å². The van der Waals surface area contributed by atoms with Gasteiger partial charge in [-0.1, -0.05) is 44.2 Å². The third kappa shape index (κ3) is 7.36. The first kappa shape index (κ1) is 20.7. The number of nitrogens with one attached hydrogen (secondary N) is 2. The lowest BCUT2D eigenvalue weighted by Gasteiger charge is -2.21. The summed E-state index contributed by atoms with van der Waals surface area (Å²) in [5, 5.41) is 6.68. The summed E-state index contributed by atoms with van der Waals surface area (Å²) in [5.41, 5.74) is 0.997. The van der Waals surface area contributed by atoms with E-state index in [4.69, 9.17) is 0 Å². The Morgan fingerprint density at radius 2 is 1.81 bits per heavy atom. The molecular weight excluding hydrogens is 346 g/mol. The third-order valence-corrected chi connectivity index (χ3v) is 6.05. The van der Waals surface area contributed by atoms with Crippen LogP contribution in [0.5, 0.6) is 0 Å². The van der Waals surface area contributed by atoms with Crippen molar-refractivity contribution < 1.29 is 8.42 Å². The van der Waals surface area contributed by atoms with Crippen molar-refractivity contribution >= 4 is 15.8 Å². The van der Waals surface area contributed by atoms with Crippen molar-refractivity contribution in [2.24, 2.45) is 10.9 Å². The van der Waals surface area contributed by atoms with E-state index >= 15 is 0 Å². The van der Waals surface area contributed by atoms with E-state index in [2.05, 4.69) is 22.5 Å². The summed E-state index contributed by atoms with van der Waals surface area (Å²) in [5.74, 6) is 1.74. The lowest BCUT2D eigenvalue weighted by molar-refractivity contribution is 0.332. The first-order chi connectivity index (χ1) is 12.5. The zero-order valence-electron chi connectivity index (χ0n) is 16.1. The molecule has 0 unspecified atom stereocenters. The Kier molecular flexibility index (Phi) is 8.42. The third-order valence-electron chi connectivity index (χ3n) is 4.92. The number of rotatable bonds is 8. The summed E-state index contributed by atoms with van der Waals surface area (Å²) in [7, 11) is -3.14. The number of benzene rings is 1. The van der Waals surface area contributed by atoms with Gasteiger partial charge in [0.2, 0.25) is 0 Å². The Morgan fingerprint density at radius 3 is 2.42 bits per heavy atom. The minimum absolute atomic E-state index is 0.345. The van der Waals surface area contributed by atoms with Gasteiger partial charge in [0.05, 0.1) is 11.4 Å². The molecular formula is C20H33N3O2S. The van der Waals surface area contributed by atoms with Crippen LogP contribution in [0, 0.1) is 5.92 Å². The largest absolute Gasteiger partial charge is 0.357 e. The maximum absolute atomic E-state index is 11.5. The molecule has 1 aliphatic carbocycles. The Labute approximate surface area is 158 Å². The Bertz CT molecular complexity index is 663. The molecule has 0 heterocycles. The van der Waals surface area contributed by atoms with Crippen LogP contribution in [-0.2, 0) is 16.4 Å². The summed E-state index contributed by atoms with van der Waals surface area (Å²) >= 11 is 0. The minimum Gasteiger partial charge on any atom is -0.357 e. The average molecular weight is 380 g/mol. The maximum Gasteiger partial charge on any atom is 0.191 e. The van der Waals surface area contributed by atoms with E-state index in [0.717, 1.165) is 30.5 Å². The van der Waals surface area contributed by atoms with Crippen LogP contribution in [0.1, 0.15) is 57.4 Å². The molecule has 0 atom stereocenters. The fourth-order valence-corrected chi connectivity index (χ4v) is 4.06. The van der Waals surface area contributed by atoms with Crippen LogP contribution in [0.3, 0.4) is 0 Å².